The van der Waals surface area contributed by atoms with Crippen LogP contribution in [0.1, 0.15) is 40.0 Å². The van der Waals surface area contributed by atoms with Crippen molar-refractivity contribution in [2.45, 2.75) is 45.6 Å². The average molecular weight is 373 g/mol. The molecule has 0 aliphatic carbocycles. The van der Waals surface area contributed by atoms with Crippen molar-refractivity contribution in [2.75, 3.05) is 11.4 Å². The Morgan fingerprint density at radius 3 is 2.76 bits per heavy atom. The Labute approximate surface area is 140 Å². The van der Waals surface area contributed by atoms with Crippen LogP contribution >= 0.6 is 27.5 Å². The van der Waals surface area contributed by atoms with Crippen LogP contribution in [0, 0.1) is 5.92 Å². The molecule has 2 N–H and O–H groups in total. The first kappa shape index (κ1) is 16.6. The molecule has 3 nitrogen and oxygen atoms in total. The highest BCUT2D eigenvalue weighted by Gasteiger charge is 2.42. The number of aliphatic imine (C=N–C) groups is 1. The number of hydrogen-bond acceptors (Lipinski definition) is 3. The fourth-order valence-corrected chi connectivity index (χ4v) is 3.49. The van der Waals surface area contributed by atoms with E-state index < -0.39 is 0 Å². The van der Waals surface area contributed by atoms with Crippen LogP contribution in [-0.4, -0.2) is 18.0 Å². The highest BCUT2D eigenvalue weighted by Crippen LogP contribution is 2.38. The second-order valence-electron chi connectivity index (χ2n) is 5.90. The molecule has 0 spiro atoms. The summed E-state index contributed by atoms with van der Waals surface area (Å²) in [5, 5.41) is 0.706. The monoisotopic (exact) mass is 371 g/mol. The Morgan fingerprint density at radius 1 is 1.48 bits per heavy atom. The van der Waals surface area contributed by atoms with Crippen LogP contribution < -0.4 is 10.6 Å². The fourth-order valence-electron chi connectivity index (χ4n) is 3.01. The zero-order chi connectivity index (χ0) is 15.6. The van der Waals surface area contributed by atoms with Crippen molar-refractivity contribution in [1.29, 1.82) is 0 Å². The van der Waals surface area contributed by atoms with Crippen molar-refractivity contribution < 1.29 is 0 Å². The van der Waals surface area contributed by atoms with E-state index in [0.717, 1.165) is 29.5 Å². The molecule has 1 aromatic carbocycles. The van der Waals surface area contributed by atoms with E-state index in [-0.39, 0.29) is 5.54 Å². The Balaban J connectivity index is 2.40. The minimum atomic E-state index is -0.0211. The van der Waals surface area contributed by atoms with Gasteiger partial charge in [0.2, 0.25) is 0 Å². The maximum absolute atomic E-state index is 6.20. The molecule has 1 heterocycles. The van der Waals surface area contributed by atoms with E-state index in [4.69, 9.17) is 17.3 Å². The molecule has 1 aliphatic heterocycles. The maximum Gasteiger partial charge on any atom is 0.196 e. The van der Waals surface area contributed by atoms with Crippen LogP contribution in [0.3, 0.4) is 0 Å². The van der Waals surface area contributed by atoms with E-state index in [0.29, 0.717) is 16.9 Å². The predicted molar refractivity (Wildman–Crippen MR) is 95.2 cm³/mol. The van der Waals surface area contributed by atoms with Gasteiger partial charge in [-0.1, -0.05) is 38.8 Å². The van der Waals surface area contributed by atoms with Gasteiger partial charge in [-0.05, 0) is 52.9 Å². The first-order chi connectivity index (χ1) is 9.93. The van der Waals surface area contributed by atoms with Gasteiger partial charge < -0.3 is 10.6 Å². The first-order valence-electron chi connectivity index (χ1n) is 7.48. The van der Waals surface area contributed by atoms with E-state index in [1.165, 1.54) is 6.42 Å². The van der Waals surface area contributed by atoms with Crippen LogP contribution in [-0.2, 0) is 0 Å². The summed E-state index contributed by atoms with van der Waals surface area (Å²) in [5.74, 6) is 1.25. The van der Waals surface area contributed by atoms with E-state index in [2.05, 4.69) is 46.6 Å². The zero-order valence-electron chi connectivity index (χ0n) is 12.9. The first-order valence-corrected chi connectivity index (χ1v) is 8.66. The molecule has 0 amide bonds. The molecule has 21 heavy (non-hydrogen) atoms. The van der Waals surface area contributed by atoms with Crippen molar-refractivity contribution in [3.8, 4) is 0 Å². The normalized spacial score (nSPS) is 23.3. The molecule has 0 aromatic heterocycles. The van der Waals surface area contributed by atoms with Gasteiger partial charge in [-0.15, -0.1) is 0 Å². The summed E-state index contributed by atoms with van der Waals surface area (Å²) < 4.78 is 0.884. The van der Waals surface area contributed by atoms with Gasteiger partial charge >= 0.3 is 0 Å². The number of halogens is 2. The summed E-state index contributed by atoms with van der Waals surface area (Å²) in [5.41, 5.74) is 7.23. The summed E-state index contributed by atoms with van der Waals surface area (Å²) in [7, 11) is 0. The van der Waals surface area contributed by atoms with Crippen LogP contribution in [0.4, 0.5) is 5.69 Å². The number of guanidine groups is 1. The van der Waals surface area contributed by atoms with E-state index in [1.54, 1.807) is 0 Å². The molecule has 0 radical (unpaired) electrons. The minimum absolute atomic E-state index is 0.0211. The summed E-state index contributed by atoms with van der Waals surface area (Å²) in [6.07, 6.45) is 3.27. The van der Waals surface area contributed by atoms with Crippen molar-refractivity contribution in [3.63, 3.8) is 0 Å². The van der Waals surface area contributed by atoms with Crippen LogP contribution in [0.15, 0.2) is 27.7 Å². The lowest BCUT2D eigenvalue weighted by atomic mass is 9.83. The lowest BCUT2D eigenvalue weighted by molar-refractivity contribution is 0.333. The van der Waals surface area contributed by atoms with Gasteiger partial charge in [0.05, 0.1) is 17.1 Å². The Kier molecular flexibility index (Phi) is 5.20. The van der Waals surface area contributed by atoms with E-state index in [1.807, 2.05) is 18.2 Å². The Morgan fingerprint density at radius 2 is 2.19 bits per heavy atom. The third-order valence-corrected chi connectivity index (χ3v) is 5.70. The quantitative estimate of drug-likeness (QED) is 0.805. The molecular weight excluding hydrogens is 350 g/mol. The van der Waals surface area contributed by atoms with Crippen molar-refractivity contribution in [3.05, 3.63) is 27.7 Å². The van der Waals surface area contributed by atoms with Crippen LogP contribution in [0.5, 0.6) is 0 Å². The second-order valence-corrected chi connectivity index (χ2v) is 7.17. The van der Waals surface area contributed by atoms with E-state index in [9.17, 15) is 0 Å². The molecule has 2 unspecified atom stereocenters. The molecule has 1 aromatic rings. The minimum Gasteiger partial charge on any atom is -0.369 e. The van der Waals surface area contributed by atoms with Crippen molar-refractivity contribution in [2.24, 2.45) is 16.6 Å². The lowest BCUT2D eigenvalue weighted by Gasteiger charge is -2.40. The molecule has 2 rings (SSSR count). The smallest absolute Gasteiger partial charge is 0.196 e. The average Bonchev–Trinajstić information content (AvgIpc) is 2.79. The summed E-state index contributed by atoms with van der Waals surface area (Å²) >= 11 is 9.61. The third-order valence-electron chi connectivity index (χ3n) is 4.48. The molecular formula is C16H23BrClN3. The molecule has 116 valence electrons. The number of anilines is 1. The molecule has 0 saturated heterocycles. The van der Waals surface area contributed by atoms with Gasteiger partial charge in [0, 0.05) is 10.2 Å². The van der Waals surface area contributed by atoms with Crippen molar-refractivity contribution in [1.82, 2.24) is 0 Å². The molecule has 2 atom stereocenters. The summed E-state index contributed by atoms with van der Waals surface area (Å²) in [4.78, 5) is 6.72. The Hall–Kier alpha value is -0.740. The molecule has 1 aliphatic rings. The van der Waals surface area contributed by atoms with Gasteiger partial charge in [0.15, 0.2) is 5.96 Å². The number of nitrogens with zero attached hydrogens (tertiary/aromatic N) is 2. The fraction of sp³-hybridized carbons (Fsp3) is 0.562. The van der Waals surface area contributed by atoms with Gasteiger partial charge in [0.1, 0.15) is 0 Å². The van der Waals surface area contributed by atoms with Gasteiger partial charge in [-0.3, -0.25) is 4.99 Å². The molecule has 0 fully saturated rings. The van der Waals surface area contributed by atoms with Crippen molar-refractivity contribution >= 4 is 39.2 Å². The molecule has 5 heteroatoms. The summed E-state index contributed by atoms with van der Waals surface area (Å²) in [6.45, 7) is 7.51. The van der Waals surface area contributed by atoms with Gasteiger partial charge in [0.25, 0.3) is 0 Å². The summed E-state index contributed by atoms with van der Waals surface area (Å²) in [6, 6.07) is 5.94. The number of benzene rings is 1. The number of nitrogens with two attached hydrogens (primary N) is 1. The topological polar surface area (TPSA) is 41.6 Å². The predicted octanol–water partition coefficient (Wildman–Crippen LogP) is 4.82. The largest absolute Gasteiger partial charge is 0.369 e. The standard InChI is InChI=1S/C16H23BrClN3/c1-4-11(3)9-16(5-2)10-20-15(19)21(16)12-6-7-14(18)13(17)8-12/h6-8,11H,4-5,9-10H2,1-3H3,(H2,19,20). The SMILES string of the molecule is CCC(C)CC1(CC)CN=C(N)N1c1ccc(Cl)c(Br)c1. The van der Waals surface area contributed by atoms with Gasteiger partial charge in [-0.25, -0.2) is 0 Å². The third kappa shape index (κ3) is 3.21. The molecule has 0 saturated carbocycles. The molecule has 0 bridgehead atoms. The van der Waals surface area contributed by atoms with E-state index >= 15 is 0 Å². The number of rotatable bonds is 5. The number of hydrogen-bond donors (Lipinski definition) is 1. The zero-order valence-corrected chi connectivity index (χ0v) is 15.2. The maximum atomic E-state index is 6.20. The second kappa shape index (κ2) is 6.57. The lowest BCUT2D eigenvalue weighted by Crippen LogP contribution is -2.52. The Bertz CT molecular complexity index is 546. The van der Waals surface area contributed by atoms with Gasteiger partial charge in [-0.2, -0.15) is 0 Å². The van der Waals surface area contributed by atoms with Crippen LogP contribution in [0.25, 0.3) is 0 Å². The highest BCUT2D eigenvalue weighted by atomic mass is 79.9. The highest BCUT2D eigenvalue weighted by molar-refractivity contribution is 9.10. The van der Waals surface area contributed by atoms with Crippen LogP contribution in [0.2, 0.25) is 5.02 Å².